The minimum absolute atomic E-state index is 0.230. The zero-order valence-electron chi connectivity index (χ0n) is 5.19. The van der Waals surface area contributed by atoms with Crippen LogP contribution in [0, 0.1) is 0 Å². The second-order valence-corrected chi connectivity index (χ2v) is 3.56. The molecular weight excluding hydrogens is 284 g/mol. The van der Waals surface area contributed by atoms with Crippen LogP contribution < -0.4 is 0 Å². The maximum absolute atomic E-state index is 12.0. The van der Waals surface area contributed by atoms with Crippen LogP contribution in [0.1, 0.15) is 12.1 Å². The van der Waals surface area contributed by atoms with Crippen LogP contribution in [-0.4, -0.2) is 4.98 Å². The van der Waals surface area contributed by atoms with E-state index in [1.807, 2.05) is 0 Å². The van der Waals surface area contributed by atoms with Crippen LogP contribution in [-0.2, 0) is 0 Å². The lowest BCUT2D eigenvalue weighted by Crippen LogP contribution is -1.89. The third kappa shape index (κ3) is 2.48. The Labute approximate surface area is 79.1 Å². The van der Waals surface area contributed by atoms with Gasteiger partial charge in [0.1, 0.15) is 10.3 Å². The molecule has 0 unspecified atom stereocenters. The maximum atomic E-state index is 12.0. The van der Waals surface area contributed by atoms with Crippen molar-refractivity contribution in [3.8, 4) is 0 Å². The van der Waals surface area contributed by atoms with Crippen molar-refractivity contribution in [3.05, 3.63) is 26.9 Å². The van der Waals surface area contributed by atoms with Gasteiger partial charge in [-0.1, -0.05) is 15.9 Å². The van der Waals surface area contributed by atoms with Crippen molar-refractivity contribution in [1.29, 1.82) is 0 Å². The molecule has 1 aromatic heterocycles. The number of hydrogen-bond acceptors (Lipinski definition) is 1. The molecule has 11 heavy (non-hydrogen) atoms. The van der Waals surface area contributed by atoms with Crippen LogP contribution in [0.3, 0.4) is 0 Å². The van der Waals surface area contributed by atoms with Crippen LogP contribution in [0.25, 0.3) is 0 Å². The van der Waals surface area contributed by atoms with Crippen molar-refractivity contribution in [1.82, 2.24) is 4.98 Å². The summed E-state index contributed by atoms with van der Waals surface area (Å²) in [5, 5.41) is 0. The molecule has 0 atom stereocenters. The van der Waals surface area contributed by atoms with Gasteiger partial charge >= 0.3 is 0 Å². The Kier molecular flexibility index (Phi) is 2.95. The first-order valence-electron chi connectivity index (χ1n) is 2.70. The lowest BCUT2D eigenvalue weighted by molar-refractivity contribution is 0.146. The van der Waals surface area contributed by atoms with E-state index in [0.717, 1.165) is 0 Å². The van der Waals surface area contributed by atoms with Crippen molar-refractivity contribution >= 4 is 31.9 Å². The van der Waals surface area contributed by atoms with E-state index in [-0.39, 0.29) is 5.69 Å². The van der Waals surface area contributed by atoms with Gasteiger partial charge in [0.25, 0.3) is 6.43 Å². The Morgan fingerprint density at radius 2 is 1.91 bits per heavy atom. The van der Waals surface area contributed by atoms with E-state index in [4.69, 9.17) is 0 Å². The average Bonchev–Trinajstić information content (AvgIpc) is 1.85. The van der Waals surface area contributed by atoms with Crippen LogP contribution in [0.5, 0.6) is 0 Å². The third-order valence-electron chi connectivity index (χ3n) is 1.00. The first-order valence-corrected chi connectivity index (χ1v) is 4.29. The first-order chi connectivity index (χ1) is 5.09. The van der Waals surface area contributed by atoms with E-state index in [1.54, 1.807) is 6.07 Å². The summed E-state index contributed by atoms with van der Waals surface area (Å²) in [5.41, 5.74) is -0.230. The molecule has 0 bridgehead atoms. The number of alkyl halides is 2. The fourth-order valence-electron chi connectivity index (χ4n) is 0.596. The Balaban J connectivity index is 3.08. The summed E-state index contributed by atoms with van der Waals surface area (Å²) in [7, 11) is 0. The molecular formula is C6H3Br2F2N. The largest absolute Gasteiger partial charge is 0.280 e. The number of aromatic nitrogens is 1. The summed E-state index contributed by atoms with van der Waals surface area (Å²) in [6, 6.07) is 2.89. The van der Waals surface area contributed by atoms with Gasteiger partial charge in [-0.3, -0.25) is 0 Å². The summed E-state index contributed by atoms with van der Waals surface area (Å²) < 4.78 is 25.0. The summed E-state index contributed by atoms with van der Waals surface area (Å²) in [4.78, 5) is 3.57. The van der Waals surface area contributed by atoms with Crippen molar-refractivity contribution in [3.63, 3.8) is 0 Å². The second-order valence-electron chi connectivity index (χ2n) is 1.83. The molecule has 0 aromatic carbocycles. The predicted octanol–water partition coefficient (Wildman–Crippen LogP) is 3.54. The lowest BCUT2D eigenvalue weighted by Gasteiger charge is -1.99. The zero-order valence-corrected chi connectivity index (χ0v) is 8.36. The van der Waals surface area contributed by atoms with Gasteiger partial charge in [0.05, 0.1) is 0 Å². The number of halogens is 4. The molecule has 1 rings (SSSR count). The minimum atomic E-state index is -2.52. The van der Waals surface area contributed by atoms with Gasteiger partial charge in [0.2, 0.25) is 0 Å². The van der Waals surface area contributed by atoms with E-state index in [0.29, 0.717) is 9.08 Å². The smallest absolute Gasteiger partial charge is 0.240 e. The predicted molar refractivity (Wildman–Crippen MR) is 44.6 cm³/mol. The van der Waals surface area contributed by atoms with Crippen molar-refractivity contribution < 1.29 is 8.78 Å². The number of nitrogens with zero attached hydrogens (tertiary/aromatic N) is 1. The molecule has 0 fully saturated rings. The maximum Gasteiger partial charge on any atom is 0.280 e. The van der Waals surface area contributed by atoms with E-state index in [9.17, 15) is 8.78 Å². The average molecular weight is 287 g/mol. The Hall–Kier alpha value is -0.0300. The molecule has 0 aliphatic carbocycles. The number of hydrogen-bond donors (Lipinski definition) is 0. The molecule has 0 aliphatic heterocycles. The highest BCUT2D eigenvalue weighted by Crippen LogP contribution is 2.23. The van der Waals surface area contributed by atoms with E-state index in [1.165, 1.54) is 6.07 Å². The van der Waals surface area contributed by atoms with Gasteiger partial charge in [-0.2, -0.15) is 0 Å². The van der Waals surface area contributed by atoms with E-state index in [2.05, 4.69) is 36.8 Å². The molecule has 0 amide bonds. The van der Waals surface area contributed by atoms with Crippen LogP contribution in [0.4, 0.5) is 8.78 Å². The van der Waals surface area contributed by atoms with Crippen molar-refractivity contribution in [2.45, 2.75) is 6.43 Å². The SMILES string of the molecule is FC(F)c1cc(Br)cc(Br)n1. The molecule has 0 radical (unpaired) electrons. The molecule has 1 heterocycles. The standard InChI is InChI=1S/C6H3Br2F2N/c7-3-1-4(6(9)10)11-5(8)2-3/h1-2,6H. The van der Waals surface area contributed by atoms with Gasteiger partial charge in [0.15, 0.2) is 0 Å². The molecule has 0 saturated carbocycles. The molecule has 1 aromatic rings. The molecule has 0 saturated heterocycles. The fourth-order valence-corrected chi connectivity index (χ4v) is 1.81. The zero-order chi connectivity index (χ0) is 8.43. The first kappa shape index (κ1) is 9.06. The van der Waals surface area contributed by atoms with Crippen LogP contribution >= 0.6 is 31.9 Å². The van der Waals surface area contributed by atoms with Gasteiger partial charge in [0, 0.05) is 4.47 Å². The van der Waals surface area contributed by atoms with Crippen LogP contribution in [0.15, 0.2) is 21.2 Å². The Bertz CT molecular complexity index is 245. The van der Waals surface area contributed by atoms with E-state index >= 15 is 0 Å². The lowest BCUT2D eigenvalue weighted by atomic mass is 10.4. The van der Waals surface area contributed by atoms with E-state index < -0.39 is 6.43 Å². The van der Waals surface area contributed by atoms with Crippen LogP contribution in [0.2, 0.25) is 0 Å². The summed E-state index contributed by atoms with van der Waals surface area (Å²) in [5.74, 6) is 0. The highest BCUT2D eigenvalue weighted by atomic mass is 79.9. The normalized spacial score (nSPS) is 10.6. The molecule has 5 heteroatoms. The van der Waals surface area contributed by atoms with Crippen molar-refractivity contribution in [2.75, 3.05) is 0 Å². The van der Waals surface area contributed by atoms with Gasteiger partial charge < -0.3 is 0 Å². The Morgan fingerprint density at radius 3 is 2.36 bits per heavy atom. The molecule has 0 spiro atoms. The minimum Gasteiger partial charge on any atom is -0.240 e. The van der Waals surface area contributed by atoms with Gasteiger partial charge in [-0.05, 0) is 28.1 Å². The summed E-state index contributed by atoms with van der Waals surface area (Å²) in [6.45, 7) is 0. The molecule has 0 N–H and O–H groups in total. The van der Waals surface area contributed by atoms with Crippen molar-refractivity contribution in [2.24, 2.45) is 0 Å². The topological polar surface area (TPSA) is 12.9 Å². The molecule has 0 aliphatic rings. The number of rotatable bonds is 1. The summed E-state index contributed by atoms with van der Waals surface area (Å²) >= 11 is 6.08. The fraction of sp³-hybridized carbons (Fsp3) is 0.167. The second kappa shape index (κ2) is 3.58. The quantitative estimate of drug-likeness (QED) is 0.720. The number of pyridine rings is 1. The molecule has 1 nitrogen and oxygen atoms in total. The van der Waals surface area contributed by atoms with Gasteiger partial charge in [-0.25, -0.2) is 13.8 Å². The molecule has 60 valence electrons. The van der Waals surface area contributed by atoms with Gasteiger partial charge in [-0.15, -0.1) is 0 Å². The highest BCUT2D eigenvalue weighted by molar-refractivity contribution is 9.11. The Morgan fingerprint density at radius 1 is 1.27 bits per heavy atom. The highest BCUT2D eigenvalue weighted by Gasteiger charge is 2.09. The third-order valence-corrected chi connectivity index (χ3v) is 1.87. The summed E-state index contributed by atoms with van der Waals surface area (Å²) in [6.07, 6.45) is -2.52. The monoisotopic (exact) mass is 285 g/mol.